The largest absolute Gasteiger partial charge is 0.472 e. The predicted octanol–water partition coefficient (Wildman–Crippen LogP) is 9.29. The molecule has 0 spiro atoms. The molecule has 0 aromatic carbocycles. The van der Waals surface area contributed by atoms with Crippen LogP contribution in [0, 0.1) is 0 Å². The lowest BCUT2D eigenvalue weighted by Gasteiger charge is -2.43. The van der Waals surface area contributed by atoms with Crippen molar-refractivity contribution in [3.05, 3.63) is 48.6 Å². The average molecular weight is 967 g/mol. The van der Waals surface area contributed by atoms with Crippen molar-refractivity contribution in [1.82, 2.24) is 0 Å². The van der Waals surface area contributed by atoms with Crippen molar-refractivity contribution in [3.63, 3.8) is 0 Å². The molecule has 0 heterocycles. The summed E-state index contributed by atoms with van der Waals surface area (Å²) >= 11 is 0. The number of carbonyl (C=O) groups excluding carboxylic acids is 2. The summed E-state index contributed by atoms with van der Waals surface area (Å²) in [6.45, 7) is 3.07. The van der Waals surface area contributed by atoms with E-state index < -0.39 is 83.5 Å². The van der Waals surface area contributed by atoms with Crippen LogP contribution in [0.5, 0.6) is 0 Å². The van der Waals surface area contributed by atoms with Gasteiger partial charge in [-0.05, 0) is 51.4 Å². The Morgan fingerprint density at radius 1 is 0.492 bits per heavy atom. The number of phosphoric acid groups is 2. The van der Waals surface area contributed by atoms with Gasteiger partial charge in [-0.15, -0.1) is 0 Å². The van der Waals surface area contributed by atoms with E-state index in [0.717, 1.165) is 51.4 Å². The van der Waals surface area contributed by atoms with Crippen molar-refractivity contribution >= 4 is 27.6 Å². The van der Waals surface area contributed by atoms with Gasteiger partial charge in [0.1, 0.15) is 43.2 Å². The van der Waals surface area contributed by atoms with Crippen LogP contribution < -0.4 is 0 Å². The van der Waals surface area contributed by atoms with E-state index in [0.29, 0.717) is 19.3 Å². The fraction of sp³-hybridized carbons (Fsp3) is 0.787. The summed E-state index contributed by atoms with van der Waals surface area (Å²) in [5, 5.41) is 41.5. The molecular formula is C47H84O16P2. The number of carbonyl (C=O) groups is 2. The molecule has 0 aromatic rings. The number of rotatable bonds is 40. The van der Waals surface area contributed by atoms with E-state index in [-0.39, 0.29) is 12.8 Å². The van der Waals surface area contributed by atoms with Crippen molar-refractivity contribution in [3.8, 4) is 0 Å². The number of hydrogen-bond donors (Lipinski definition) is 7. The number of aliphatic hydroxyl groups excluding tert-OH is 4. The van der Waals surface area contributed by atoms with Gasteiger partial charge in [0.25, 0.3) is 0 Å². The number of aliphatic hydroxyl groups is 4. The van der Waals surface area contributed by atoms with Crippen molar-refractivity contribution in [2.24, 2.45) is 0 Å². The lowest BCUT2D eigenvalue weighted by atomic mass is 9.85. The Hall–Kier alpha value is -2.04. The Kier molecular flexibility index (Phi) is 35.5. The van der Waals surface area contributed by atoms with Gasteiger partial charge in [0, 0.05) is 12.8 Å². The SMILES string of the molecule is CCCCC/C=C\C/C=C\C/C=C\C/C=C\CCCC(=O)O[C@H](COC(=O)CCCCCCCCCCCCCCCCC)COP(=O)(O)OC1[C@H](O)[C@H](O)C(OP(=O)(O)O)[C@H](O)[C@H]1O. The molecular weight excluding hydrogens is 882 g/mol. The minimum Gasteiger partial charge on any atom is -0.462 e. The van der Waals surface area contributed by atoms with Crippen LogP contribution in [0.1, 0.15) is 181 Å². The highest BCUT2D eigenvalue weighted by molar-refractivity contribution is 7.47. The molecule has 8 atom stereocenters. The van der Waals surface area contributed by atoms with Crippen molar-refractivity contribution in [2.75, 3.05) is 13.2 Å². The number of hydrogen-bond acceptors (Lipinski definition) is 13. The molecule has 18 heteroatoms. The van der Waals surface area contributed by atoms with E-state index in [1.54, 1.807) is 0 Å². The Morgan fingerprint density at radius 3 is 1.34 bits per heavy atom. The zero-order valence-electron chi connectivity index (χ0n) is 39.2. The van der Waals surface area contributed by atoms with Gasteiger partial charge < -0.3 is 44.6 Å². The topological polar surface area (TPSA) is 256 Å². The highest BCUT2D eigenvalue weighted by Crippen LogP contribution is 2.48. The number of allylic oxidation sites excluding steroid dienone is 8. The van der Waals surface area contributed by atoms with E-state index >= 15 is 0 Å². The predicted molar refractivity (Wildman–Crippen MR) is 250 cm³/mol. The van der Waals surface area contributed by atoms with Crippen LogP contribution in [0.2, 0.25) is 0 Å². The molecule has 0 bridgehead atoms. The second-order valence-electron chi connectivity index (χ2n) is 16.8. The van der Waals surface area contributed by atoms with Crippen molar-refractivity contribution < 1.29 is 76.9 Å². The molecule has 1 rings (SSSR count). The summed E-state index contributed by atoms with van der Waals surface area (Å²) in [6.07, 6.45) is 28.0. The summed E-state index contributed by atoms with van der Waals surface area (Å²) in [4.78, 5) is 54.0. The zero-order valence-corrected chi connectivity index (χ0v) is 40.9. The first-order chi connectivity index (χ1) is 31.1. The quantitative estimate of drug-likeness (QED) is 0.0131. The first-order valence-corrected chi connectivity index (χ1v) is 27.2. The van der Waals surface area contributed by atoms with Crippen LogP contribution in [-0.2, 0) is 41.8 Å². The normalized spacial score (nSPS) is 22.0. The average Bonchev–Trinajstić information content (AvgIpc) is 3.26. The monoisotopic (exact) mass is 967 g/mol. The molecule has 1 fully saturated rings. The number of phosphoric ester groups is 2. The molecule has 1 saturated carbocycles. The third kappa shape index (κ3) is 32.4. The summed E-state index contributed by atoms with van der Waals surface area (Å²) in [5.74, 6) is -1.25. The minimum atomic E-state index is -5.31. The first kappa shape index (κ1) is 61.0. The number of esters is 2. The molecule has 65 heavy (non-hydrogen) atoms. The molecule has 0 aliphatic heterocycles. The van der Waals surface area contributed by atoms with Gasteiger partial charge in [-0.1, -0.05) is 165 Å². The molecule has 1 aliphatic carbocycles. The molecule has 378 valence electrons. The van der Waals surface area contributed by atoms with E-state index in [4.69, 9.17) is 28.3 Å². The highest BCUT2D eigenvalue weighted by atomic mass is 31.2. The molecule has 3 unspecified atom stereocenters. The smallest absolute Gasteiger partial charge is 0.462 e. The Bertz CT molecular complexity index is 1430. The lowest BCUT2D eigenvalue weighted by molar-refractivity contribution is -0.216. The molecule has 1 aliphatic rings. The van der Waals surface area contributed by atoms with Gasteiger partial charge in [0.15, 0.2) is 6.10 Å². The van der Waals surface area contributed by atoms with Gasteiger partial charge in [-0.25, -0.2) is 9.13 Å². The van der Waals surface area contributed by atoms with Crippen LogP contribution in [0.15, 0.2) is 48.6 Å². The van der Waals surface area contributed by atoms with E-state index in [1.807, 2.05) is 12.2 Å². The van der Waals surface area contributed by atoms with Crippen molar-refractivity contribution in [2.45, 2.75) is 224 Å². The number of ether oxygens (including phenoxy) is 2. The van der Waals surface area contributed by atoms with Crippen LogP contribution in [-0.4, -0.2) is 103 Å². The minimum absolute atomic E-state index is 0.0248. The maximum Gasteiger partial charge on any atom is 0.472 e. The maximum absolute atomic E-state index is 12.9. The van der Waals surface area contributed by atoms with Crippen LogP contribution in [0.25, 0.3) is 0 Å². The fourth-order valence-corrected chi connectivity index (χ4v) is 8.67. The summed E-state index contributed by atoms with van der Waals surface area (Å²) in [7, 11) is -10.6. The second kappa shape index (κ2) is 37.9. The van der Waals surface area contributed by atoms with Gasteiger partial charge in [0.05, 0.1) is 6.61 Å². The fourth-order valence-electron chi connectivity index (χ4n) is 7.14. The van der Waals surface area contributed by atoms with E-state index in [2.05, 4.69) is 54.8 Å². The maximum atomic E-state index is 12.9. The Labute approximate surface area is 388 Å². The van der Waals surface area contributed by atoms with Crippen LogP contribution in [0.3, 0.4) is 0 Å². The third-order valence-corrected chi connectivity index (χ3v) is 12.4. The molecule has 16 nitrogen and oxygen atoms in total. The Balaban J connectivity index is 2.61. The second-order valence-corrected chi connectivity index (χ2v) is 19.4. The lowest BCUT2D eigenvalue weighted by Crippen LogP contribution is -2.64. The zero-order chi connectivity index (χ0) is 48.2. The molecule has 7 N–H and O–H groups in total. The molecule has 0 radical (unpaired) electrons. The summed E-state index contributed by atoms with van der Waals surface area (Å²) < 4.78 is 49.1. The standard InChI is InChI=1S/C47H84O16P2/c1-3-5-7-9-11-13-15-17-19-20-22-24-26-28-30-32-34-36-41(49)61-39(37-59-40(48)35-33-31-29-27-25-23-21-18-16-14-12-10-8-6-4-2)38-60-65(57,58)63-47-44(52)42(50)46(43(51)45(47)53)62-64(54,55)56/h11,13,17,19,22,24,28,30,39,42-47,50-53H,3-10,12,14-16,18,20-21,23,25-27,29,31-38H2,1-2H3,(H,57,58)(H2,54,55,56)/b13-11-,19-17-,24-22-,30-28-/t39-,42-,43+,44-,45-,46?,47?/m1/s1. The van der Waals surface area contributed by atoms with Crippen LogP contribution >= 0.6 is 15.6 Å². The first-order valence-electron chi connectivity index (χ1n) is 24.2. The molecule has 0 saturated heterocycles. The van der Waals surface area contributed by atoms with Gasteiger partial charge >= 0.3 is 27.6 Å². The summed E-state index contributed by atoms with van der Waals surface area (Å²) in [5.41, 5.74) is 0. The van der Waals surface area contributed by atoms with E-state index in [9.17, 15) is 44.0 Å². The van der Waals surface area contributed by atoms with Gasteiger partial charge in [-0.2, -0.15) is 0 Å². The van der Waals surface area contributed by atoms with Gasteiger partial charge in [-0.3, -0.25) is 23.2 Å². The van der Waals surface area contributed by atoms with Crippen molar-refractivity contribution in [1.29, 1.82) is 0 Å². The Morgan fingerprint density at radius 2 is 0.877 bits per heavy atom. The van der Waals surface area contributed by atoms with E-state index in [1.165, 1.54) is 83.5 Å². The number of unbranched alkanes of at least 4 members (excludes halogenated alkanes) is 18. The van der Waals surface area contributed by atoms with Gasteiger partial charge in [0.2, 0.25) is 0 Å². The highest BCUT2D eigenvalue weighted by Gasteiger charge is 2.54. The summed E-state index contributed by atoms with van der Waals surface area (Å²) in [6, 6.07) is 0. The third-order valence-electron chi connectivity index (χ3n) is 10.9. The molecule has 0 aromatic heterocycles. The van der Waals surface area contributed by atoms with Crippen LogP contribution in [0.4, 0.5) is 0 Å². The molecule has 0 amide bonds.